The molecule has 0 radical (unpaired) electrons. The van der Waals surface area contributed by atoms with Crippen LogP contribution in [-0.4, -0.2) is 43.9 Å². The molecule has 1 heterocycles. The Bertz CT molecular complexity index is 525. The van der Waals surface area contributed by atoms with E-state index in [9.17, 15) is 8.42 Å². The van der Waals surface area contributed by atoms with Crippen LogP contribution in [0.1, 0.15) is 12.8 Å². The van der Waals surface area contributed by atoms with Gasteiger partial charge in [0, 0.05) is 22.9 Å². The number of benzene rings is 1. The summed E-state index contributed by atoms with van der Waals surface area (Å²) < 4.78 is 33.0. The summed E-state index contributed by atoms with van der Waals surface area (Å²) in [7, 11) is -3.38. The van der Waals surface area contributed by atoms with E-state index in [1.54, 1.807) is 28.6 Å². The molecular weight excluding hydrogens is 410 g/mol. The first-order chi connectivity index (χ1) is 9.54. The normalized spacial score (nSPS) is 18.3. The molecule has 0 spiro atoms. The number of halogens is 2. The van der Waals surface area contributed by atoms with Crippen molar-refractivity contribution >= 4 is 41.9 Å². The minimum Gasteiger partial charge on any atom is -0.377 e. The van der Waals surface area contributed by atoms with Gasteiger partial charge in [0.15, 0.2) is 0 Å². The fourth-order valence-electron chi connectivity index (χ4n) is 2.21. The Kier molecular flexibility index (Phi) is 6.04. The highest BCUT2D eigenvalue weighted by Gasteiger charge is 2.29. The Balaban J connectivity index is 2.00. The van der Waals surface area contributed by atoms with E-state index in [2.05, 4.69) is 31.9 Å². The van der Waals surface area contributed by atoms with Gasteiger partial charge in [0.25, 0.3) is 0 Å². The van der Waals surface area contributed by atoms with Crippen molar-refractivity contribution in [2.24, 2.45) is 0 Å². The van der Waals surface area contributed by atoms with Crippen LogP contribution in [0.4, 0.5) is 0 Å². The predicted octanol–water partition coefficient (Wildman–Crippen LogP) is 3.01. The van der Waals surface area contributed by atoms with Gasteiger partial charge in [-0.3, -0.25) is 0 Å². The predicted molar refractivity (Wildman–Crippen MR) is 85.7 cm³/mol. The maximum Gasteiger partial charge on any atom is 0.243 e. The van der Waals surface area contributed by atoms with Crippen LogP contribution in [0.5, 0.6) is 0 Å². The smallest absolute Gasteiger partial charge is 0.243 e. The average Bonchev–Trinajstić information content (AvgIpc) is 2.46. The minimum atomic E-state index is -3.38. The summed E-state index contributed by atoms with van der Waals surface area (Å²) in [6, 6.07) is 6.76. The number of rotatable bonds is 5. The highest BCUT2D eigenvalue weighted by molar-refractivity contribution is 9.10. The van der Waals surface area contributed by atoms with Gasteiger partial charge in [-0.1, -0.05) is 31.9 Å². The van der Waals surface area contributed by atoms with Crippen molar-refractivity contribution in [3.63, 3.8) is 0 Å². The summed E-state index contributed by atoms with van der Waals surface area (Å²) in [6.45, 7) is 1.71. The molecule has 4 nitrogen and oxygen atoms in total. The third-order valence-corrected chi connectivity index (χ3v) is 6.05. The van der Waals surface area contributed by atoms with Gasteiger partial charge < -0.3 is 4.74 Å². The number of sulfonamides is 1. The Labute approximate surface area is 136 Å². The van der Waals surface area contributed by atoms with Gasteiger partial charge in [0.2, 0.25) is 10.0 Å². The van der Waals surface area contributed by atoms with Crippen LogP contribution >= 0.6 is 31.9 Å². The molecule has 0 bridgehead atoms. The first kappa shape index (κ1) is 16.4. The van der Waals surface area contributed by atoms with Gasteiger partial charge in [-0.2, -0.15) is 4.31 Å². The van der Waals surface area contributed by atoms with E-state index < -0.39 is 10.0 Å². The van der Waals surface area contributed by atoms with Gasteiger partial charge in [-0.05, 0) is 37.1 Å². The third-order valence-electron chi connectivity index (χ3n) is 3.28. The first-order valence-electron chi connectivity index (χ1n) is 6.47. The number of piperidine rings is 1. The number of alkyl halides is 1. The molecule has 0 N–H and O–H groups in total. The molecule has 112 valence electrons. The summed E-state index contributed by atoms with van der Waals surface area (Å²) >= 11 is 6.63. The largest absolute Gasteiger partial charge is 0.377 e. The van der Waals surface area contributed by atoms with E-state index in [1.807, 2.05) is 0 Å². The lowest BCUT2D eigenvalue weighted by Crippen LogP contribution is -2.40. The Morgan fingerprint density at radius 2 is 1.80 bits per heavy atom. The van der Waals surface area contributed by atoms with E-state index in [0.29, 0.717) is 24.6 Å². The van der Waals surface area contributed by atoms with Crippen LogP contribution in [0.25, 0.3) is 0 Å². The monoisotopic (exact) mass is 425 g/mol. The summed E-state index contributed by atoms with van der Waals surface area (Å²) in [6.07, 6.45) is 1.68. The number of nitrogens with zero attached hydrogens (tertiary/aromatic N) is 1. The van der Waals surface area contributed by atoms with Gasteiger partial charge in [-0.25, -0.2) is 8.42 Å². The third kappa shape index (κ3) is 4.04. The number of hydrogen-bond acceptors (Lipinski definition) is 3. The number of hydrogen-bond donors (Lipinski definition) is 0. The van der Waals surface area contributed by atoms with Crippen molar-refractivity contribution in [2.75, 3.05) is 25.0 Å². The van der Waals surface area contributed by atoms with E-state index in [-0.39, 0.29) is 6.10 Å². The quantitative estimate of drug-likeness (QED) is 0.680. The van der Waals surface area contributed by atoms with Crippen molar-refractivity contribution in [2.45, 2.75) is 23.8 Å². The molecular formula is C13H17Br2NO3S. The zero-order valence-electron chi connectivity index (χ0n) is 11.0. The van der Waals surface area contributed by atoms with Crippen LogP contribution in [-0.2, 0) is 14.8 Å². The lowest BCUT2D eigenvalue weighted by atomic mass is 10.1. The molecule has 0 atom stereocenters. The fourth-order valence-corrected chi connectivity index (χ4v) is 4.13. The van der Waals surface area contributed by atoms with Crippen LogP contribution in [0.3, 0.4) is 0 Å². The SMILES string of the molecule is O=S(=O)(c1ccc(Br)cc1)N1CCC(OCCBr)CC1. The second-order valence-electron chi connectivity index (χ2n) is 4.62. The summed E-state index contributed by atoms with van der Waals surface area (Å²) in [5, 5.41) is 0.810. The Hall–Kier alpha value is 0.0500. The van der Waals surface area contributed by atoms with Crippen LogP contribution in [0.15, 0.2) is 33.6 Å². The molecule has 1 aliphatic rings. The van der Waals surface area contributed by atoms with Crippen LogP contribution in [0, 0.1) is 0 Å². The standard InChI is InChI=1S/C13H17Br2NO3S/c14-7-10-19-12-5-8-16(9-6-12)20(17,18)13-3-1-11(15)2-4-13/h1-4,12H,5-10H2. The molecule has 1 aliphatic heterocycles. The molecule has 0 aliphatic carbocycles. The van der Waals surface area contributed by atoms with E-state index >= 15 is 0 Å². The van der Waals surface area contributed by atoms with Crippen LogP contribution < -0.4 is 0 Å². The molecule has 0 amide bonds. The van der Waals surface area contributed by atoms with Gasteiger partial charge in [0.1, 0.15) is 0 Å². The molecule has 1 saturated heterocycles. The summed E-state index contributed by atoms with van der Waals surface area (Å²) in [5.41, 5.74) is 0. The molecule has 7 heteroatoms. The van der Waals surface area contributed by atoms with Gasteiger partial charge in [0.05, 0.1) is 17.6 Å². The lowest BCUT2D eigenvalue weighted by Gasteiger charge is -2.31. The molecule has 2 rings (SSSR count). The Morgan fingerprint density at radius 3 is 2.35 bits per heavy atom. The highest BCUT2D eigenvalue weighted by atomic mass is 79.9. The molecule has 20 heavy (non-hydrogen) atoms. The second-order valence-corrected chi connectivity index (χ2v) is 8.26. The zero-order chi connectivity index (χ0) is 14.6. The number of ether oxygens (including phenoxy) is 1. The molecule has 0 aromatic heterocycles. The van der Waals surface area contributed by atoms with Crippen molar-refractivity contribution < 1.29 is 13.2 Å². The maximum atomic E-state index is 12.5. The van der Waals surface area contributed by atoms with Crippen LogP contribution in [0.2, 0.25) is 0 Å². The Morgan fingerprint density at radius 1 is 1.20 bits per heavy atom. The van der Waals surface area contributed by atoms with Gasteiger partial charge >= 0.3 is 0 Å². The van der Waals surface area contributed by atoms with E-state index in [4.69, 9.17) is 4.74 Å². The molecule has 0 saturated carbocycles. The fraction of sp³-hybridized carbons (Fsp3) is 0.538. The molecule has 1 aromatic carbocycles. The van der Waals surface area contributed by atoms with Gasteiger partial charge in [-0.15, -0.1) is 0 Å². The van der Waals surface area contributed by atoms with E-state index in [0.717, 1.165) is 22.6 Å². The van der Waals surface area contributed by atoms with E-state index in [1.165, 1.54) is 0 Å². The van der Waals surface area contributed by atoms with Crippen molar-refractivity contribution in [3.8, 4) is 0 Å². The lowest BCUT2D eigenvalue weighted by molar-refractivity contribution is 0.0309. The molecule has 1 aromatic rings. The topological polar surface area (TPSA) is 46.6 Å². The highest BCUT2D eigenvalue weighted by Crippen LogP contribution is 2.23. The minimum absolute atomic E-state index is 0.170. The maximum absolute atomic E-state index is 12.5. The summed E-state index contributed by atoms with van der Waals surface area (Å²) in [4.78, 5) is 0.348. The van der Waals surface area contributed by atoms with Crippen molar-refractivity contribution in [3.05, 3.63) is 28.7 Å². The average molecular weight is 427 g/mol. The van der Waals surface area contributed by atoms with Crippen molar-refractivity contribution in [1.29, 1.82) is 0 Å². The second kappa shape index (κ2) is 7.35. The molecule has 0 unspecified atom stereocenters. The molecule has 1 fully saturated rings. The zero-order valence-corrected chi connectivity index (χ0v) is 15.0. The van der Waals surface area contributed by atoms with Crippen molar-refractivity contribution in [1.82, 2.24) is 4.31 Å². The first-order valence-corrected chi connectivity index (χ1v) is 9.83. The summed E-state index contributed by atoms with van der Waals surface area (Å²) in [5.74, 6) is 0.